The third kappa shape index (κ3) is 4.74. The number of aryl methyl sites for hydroxylation is 1. The fourth-order valence-corrected chi connectivity index (χ4v) is 2.65. The average molecular weight is 329 g/mol. The molecule has 1 aliphatic rings. The van der Waals surface area contributed by atoms with Crippen LogP contribution < -0.4 is 4.74 Å². The molecule has 1 atom stereocenters. The Balaban J connectivity index is 1.59. The van der Waals surface area contributed by atoms with Gasteiger partial charge in [0.1, 0.15) is 12.7 Å². The second-order valence-electron chi connectivity index (χ2n) is 5.92. The van der Waals surface area contributed by atoms with E-state index in [9.17, 15) is 5.11 Å². The lowest BCUT2D eigenvalue weighted by Crippen LogP contribution is -2.42. The third-order valence-corrected chi connectivity index (χ3v) is 3.86. The highest BCUT2D eigenvalue weighted by Crippen LogP contribution is 2.18. The second kappa shape index (κ2) is 8.19. The van der Waals surface area contributed by atoms with Gasteiger partial charge in [-0.25, -0.2) is 4.98 Å². The van der Waals surface area contributed by atoms with E-state index >= 15 is 0 Å². The molecule has 6 nitrogen and oxygen atoms in total. The summed E-state index contributed by atoms with van der Waals surface area (Å²) in [5.41, 5.74) is 1.78. The molecular weight excluding hydrogens is 306 g/mol. The van der Waals surface area contributed by atoms with Crippen molar-refractivity contribution in [3.8, 4) is 17.3 Å². The summed E-state index contributed by atoms with van der Waals surface area (Å²) >= 11 is 0. The summed E-state index contributed by atoms with van der Waals surface area (Å²) in [4.78, 5) is 11.1. The number of ether oxygens (including phenoxy) is 2. The Kier molecular flexibility index (Phi) is 5.74. The molecule has 1 aromatic carbocycles. The van der Waals surface area contributed by atoms with E-state index in [1.165, 1.54) is 0 Å². The normalized spacial score (nSPS) is 16.8. The number of benzene rings is 1. The zero-order valence-electron chi connectivity index (χ0n) is 13.9. The Morgan fingerprint density at radius 2 is 1.96 bits per heavy atom. The fourth-order valence-electron chi connectivity index (χ4n) is 2.65. The molecule has 6 heteroatoms. The molecule has 2 heterocycles. The SMILES string of the molecule is Cc1cc(OCC(O)CN2CCOCC2)nc(-c2ccccc2)n1. The number of aliphatic hydroxyl groups is 1. The van der Waals surface area contributed by atoms with E-state index in [1.54, 1.807) is 6.07 Å². The third-order valence-electron chi connectivity index (χ3n) is 3.86. The van der Waals surface area contributed by atoms with Crippen molar-refractivity contribution in [3.63, 3.8) is 0 Å². The summed E-state index contributed by atoms with van der Waals surface area (Å²) in [6.45, 7) is 5.84. The van der Waals surface area contributed by atoms with E-state index in [1.807, 2.05) is 37.3 Å². The highest BCUT2D eigenvalue weighted by atomic mass is 16.5. The van der Waals surface area contributed by atoms with Crippen LogP contribution in [0.15, 0.2) is 36.4 Å². The summed E-state index contributed by atoms with van der Waals surface area (Å²) in [7, 11) is 0. The first kappa shape index (κ1) is 16.8. The Bertz CT molecular complexity index is 645. The molecule has 1 saturated heterocycles. The number of morpholine rings is 1. The smallest absolute Gasteiger partial charge is 0.217 e. The Morgan fingerprint density at radius 3 is 2.71 bits per heavy atom. The van der Waals surface area contributed by atoms with Crippen LogP contribution in [0.1, 0.15) is 5.69 Å². The molecule has 0 bridgehead atoms. The quantitative estimate of drug-likeness (QED) is 0.867. The van der Waals surface area contributed by atoms with E-state index < -0.39 is 6.10 Å². The number of aromatic nitrogens is 2. The molecule has 3 rings (SSSR count). The van der Waals surface area contributed by atoms with Crippen molar-refractivity contribution in [3.05, 3.63) is 42.1 Å². The van der Waals surface area contributed by atoms with E-state index in [0.717, 1.165) is 37.6 Å². The molecule has 1 aliphatic heterocycles. The van der Waals surface area contributed by atoms with Crippen LogP contribution in [0.4, 0.5) is 0 Å². The summed E-state index contributed by atoms with van der Waals surface area (Å²) in [5, 5.41) is 10.2. The molecule has 24 heavy (non-hydrogen) atoms. The van der Waals surface area contributed by atoms with Crippen LogP contribution >= 0.6 is 0 Å². The lowest BCUT2D eigenvalue weighted by Gasteiger charge is -2.28. The van der Waals surface area contributed by atoms with Gasteiger partial charge in [0.25, 0.3) is 0 Å². The molecule has 0 amide bonds. The van der Waals surface area contributed by atoms with Crippen molar-refractivity contribution < 1.29 is 14.6 Å². The first-order valence-corrected chi connectivity index (χ1v) is 8.23. The van der Waals surface area contributed by atoms with E-state index in [-0.39, 0.29) is 6.61 Å². The molecule has 0 aliphatic carbocycles. The fraction of sp³-hybridized carbons (Fsp3) is 0.444. The summed E-state index contributed by atoms with van der Waals surface area (Å²) < 4.78 is 11.0. The van der Waals surface area contributed by atoms with Crippen LogP contribution in [0, 0.1) is 6.92 Å². The van der Waals surface area contributed by atoms with Gasteiger partial charge in [0, 0.05) is 37.0 Å². The van der Waals surface area contributed by atoms with Gasteiger partial charge in [0.2, 0.25) is 5.88 Å². The molecular formula is C18H23N3O3. The molecule has 1 aromatic heterocycles. The zero-order valence-corrected chi connectivity index (χ0v) is 13.9. The number of hydrogen-bond donors (Lipinski definition) is 1. The number of hydrogen-bond acceptors (Lipinski definition) is 6. The number of nitrogens with zero attached hydrogens (tertiary/aromatic N) is 3. The minimum Gasteiger partial charge on any atom is -0.475 e. The van der Waals surface area contributed by atoms with Gasteiger partial charge in [-0.2, -0.15) is 4.98 Å². The van der Waals surface area contributed by atoms with Gasteiger partial charge in [-0.15, -0.1) is 0 Å². The van der Waals surface area contributed by atoms with Gasteiger partial charge in [-0.3, -0.25) is 4.90 Å². The Labute approximate surface area is 142 Å². The first-order chi connectivity index (χ1) is 11.7. The monoisotopic (exact) mass is 329 g/mol. The summed E-state index contributed by atoms with van der Waals surface area (Å²) in [6, 6.07) is 11.6. The van der Waals surface area contributed by atoms with Gasteiger partial charge in [0.15, 0.2) is 5.82 Å². The van der Waals surface area contributed by atoms with Crippen molar-refractivity contribution in [2.45, 2.75) is 13.0 Å². The topological polar surface area (TPSA) is 67.7 Å². The summed E-state index contributed by atoms with van der Waals surface area (Å²) in [6.07, 6.45) is -0.557. The average Bonchev–Trinajstić information content (AvgIpc) is 2.61. The second-order valence-corrected chi connectivity index (χ2v) is 5.92. The molecule has 1 unspecified atom stereocenters. The molecule has 0 saturated carbocycles. The highest BCUT2D eigenvalue weighted by molar-refractivity contribution is 5.55. The van der Waals surface area contributed by atoms with Crippen LogP contribution in [-0.4, -0.2) is 65.5 Å². The predicted octanol–water partition coefficient (Wildman–Crippen LogP) is 1.52. The minimum atomic E-state index is -0.557. The van der Waals surface area contributed by atoms with E-state index in [0.29, 0.717) is 18.2 Å². The van der Waals surface area contributed by atoms with Crippen molar-refractivity contribution in [2.75, 3.05) is 39.5 Å². The predicted molar refractivity (Wildman–Crippen MR) is 91.0 cm³/mol. The minimum absolute atomic E-state index is 0.210. The highest BCUT2D eigenvalue weighted by Gasteiger charge is 2.16. The lowest BCUT2D eigenvalue weighted by molar-refractivity contribution is 0.00422. The van der Waals surface area contributed by atoms with E-state index in [2.05, 4.69) is 14.9 Å². The lowest BCUT2D eigenvalue weighted by atomic mass is 10.2. The zero-order chi connectivity index (χ0) is 16.8. The maximum Gasteiger partial charge on any atom is 0.217 e. The van der Waals surface area contributed by atoms with E-state index in [4.69, 9.17) is 9.47 Å². The van der Waals surface area contributed by atoms with Gasteiger partial charge in [-0.05, 0) is 6.92 Å². The largest absolute Gasteiger partial charge is 0.475 e. The number of rotatable bonds is 6. The molecule has 0 spiro atoms. The van der Waals surface area contributed by atoms with Crippen LogP contribution in [0.5, 0.6) is 5.88 Å². The standard InChI is InChI=1S/C18H23N3O3/c1-14-11-17(20-18(19-14)15-5-3-2-4-6-15)24-13-16(22)12-21-7-9-23-10-8-21/h2-6,11,16,22H,7-10,12-13H2,1H3. The number of aliphatic hydroxyl groups excluding tert-OH is 1. The Morgan fingerprint density at radius 1 is 1.21 bits per heavy atom. The van der Waals surface area contributed by atoms with Gasteiger partial charge in [0.05, 0.1) is 13.2 Å². The maximum atomic E-state index is 10.2. The van der Waals surface area contributed by atoms with Crippen molar-refractivity contribution in [2.24, 2.45) is 0 Å². The van der Waals surface area contributed by atoms with Gasteiger partial charge >= 0.3 is 0 Å². The van der Waals surface area contributed by atoms with Crippen molar-refractivity contribution >= 4 is 0 Å². The molecule has 1 N–H and O–H groups in total. The van der Waals surface area contributed by atoms with Crippen LogP contribution in [0.3, 0.4) is 0 Å². The van der Waals surface area contributed by atoms with Crippen molar-refractivity contribution in [1.82, 2.24) is 14.9 Å². The first-order valence-electron chi connectivity index (χ1n) is 8.23. The molecule has 0 radical (unpaired) electrons. The summed E-state index contributed by atoms with van der Waals surface area (Å²) in [5.74, 6) is 1.12. The number of β-amino-alcohol motifs (C(OH)–C–C–N with tert-alkyl or cyclic N) is 1. The molecule has 1 fully saturated rings. The molecule has 2 aromatic rings. The molecule has 128 valence electrons. The maximum absolute atomic E-state index is 10.2. The van der Waals surface area contributed by atoms with Gasteiger partial charge in [-0.1, -0.05) is 30.3 Å². The van der Waals surface area contributed by atoms with Crippen LogP contribution in [0.2, 0.25) is 0 Å². The van der Waals surface area contributed by atoms with Crippen LogP contribution in [-0.2, 0) is 4.74 Å². The Hall–Kier alpha value is -2.02. The van der Waals surface area contributed by atoms with Gasteiger partial charge < -0.3 is 14.6 Å². The van der Waals surface area contributed by atoms with Crippen LogP contribution in [0.25, 0.3) is 11.4 Å². The van der Waals surface area contributed by atoms with Crippen molar-refractivity contribution in [1.29, 1.82) is 0 Å².